The monoisotopic (exact) mass is 372 g/mol. The van der Waals surface area contributed by atoms with Crippen LogP contribution in [0, 0.1) is 12.8 Å². The standard InChI is InChI=1S/C20H24N2O3S/c1-15-5-3-7-19(11-15)22-10-9-17(14-22)13-21-26(24,25)20-8-4-6-18(12-20)16(2)23/h3-8,11-12,17,21H,9-10,13-14H2,1-2H3. The van der Waals surface area contributed by atoms with E-state index in [-0.39, 0.29) is 16.6 Å². The minimum atomic E-state index is -3.61. The molecule has 2 aromatic rings. The third kappa shape index (κ3) is 4.31. The summed E-state index contributed by atoms with van der Waals surface area (Å²) in [6.07, 6.45) is 0.948. The number of sulfonamides is 1. The second-order valence-corrected chi connectivity index (χ2v) is 8.64. The molecule has 1 aliphatic rings. The van der Waals surface area contributed by atoms with E-state index in [2.05, 4.69) is 34.7 Å². The molecule has 1 aliphatic heterocycles. The van der Waals surface area contributed by atoms with Gasteiger partial charge in [-0.25, -0.2) is 13.1 Å². The van der Waals surface area contributed by atoms with Gasteiger partial charge in [-0.15, -0.1) is 0 Å². The first-order chi connectivity index (χ1) is 12.3. The number of anilines is 1. The van der Waals surface area contributed by atoms with E-state index in [1.807, 2.05) is 6.07 Å². The number of rotatable bonds is 6. The summed E-state index contributed by atoms with van der Waals surface area (Å²) < 4.78 is 27.7. The lowest BCUT2D eigenvalue weighted by Gasteiger charge is -2.19. The number of benzene rings is 2. The maximum absolute atomic E-state index is 12.5. The van der Waals surface area contributed by atoms with Gasteiger partial charge >= 0.3 is 0 Å². The number of ketones is 1. The molecule has 1 saturated heterocycles. The SMILES string of the molecule is CC(=O)c1cccc(S(=O)(=O)NCC2CCN(c3cccc(C)c3)C2)c1. The number of nitrogens with one attached hydrogen (secondary N) is 1. The van der Waals surface area contributed by atoms with Gasteiger partial charge in [0.2, 0.25) is 10.0 Å². The van der Waals surface area contributed by atoms with Crippen LogP contribution in [-0.2, 0) is 10.0 Å². The van der Waals surface area contributed by atoms with Gasteiger partial charge in [-0.05, 0) is 56.0 Å². The van der Waals surface area contributed by atoms with Gasteiger partial charge in [0.15, 0.2) is 5.78 Å². The third-order valence-electron chi connectivity index (χ3n) is 4.77. The summed E-state index contributed by atoms with van der Waals surface area (Å²) >= 11 is 0. The number of carbonyl (C=O) groups is 1. The molecule has 1 unspecified atom stereocenters. The predicted molar refractivity (Wildman–Crippen MR) is 103 cm³/mol. The van der Waals surface area contributed by atoms with Gasteiger partial charge in [0, 0.05) is 30.9 Å². The van der Waals surface area contributed by atoms with E-state index in [4.69, 9.17) is 0 Å². The van der Waals surface area contributed by atoms with Crippen molar-refractivity contribution in [1.82, 2.24) is 4.72 Å². The molecular formula is C20H24N2O3S. The largest absolute Gasteiger partial charge is 0.371 e. The van der Waals surface area contributed by atoms with Gasteiger partial charge in [0.25, 0.3) is 0 Å². The second-order valence-electron chi connectivity index (χ2n) is 6.88. The maximum atomic E-state index is 12.5. The molecule has 0 spiro atoms. The number of nitrogens with zero attached hydrogens (tertiary/aromatic N) is 1. The summed E-state index contributed by atoms with van der Waals surface area (Å²) in [5.74, 6) is 0.118. The van der Waals surface area contributed by atoms with Crippen LogP contribution in [0.25, 0.3) is 0 Å². The predicted octanol–water partition coefficient (Wildman–Crippen LogP) is 3.00. The fraction of sp³-hybridized carbons (Fsp3) is 0.350. The van der Waals surface area contributed by atoms with Gasteiger partial charge in [0.1, 0.15) is 0 Å². The van der Waals surface area contributed by atoms with E-state index < -0.39 is 10.0 Å². The van der Waals surface area contributed by atoms with Crippen LogP contribution in [0.3, 0.4) is 0 Å². The molecule has 2 aromatic carbocycles. The summed E-state index contributed by atoms with van der Waals surface area (Å²) in [5.41, 5.74) is 2.81. The highest BCUT2D eigenvalue weighted by atomic mass is 32.2. The van der Waals surface area contributed by atoms with Crippen LogP contribution in [0.5, 0.6) is 0 Å². The third-order valence-corrected chi connectivity index (χ3v) is 6.19. The van der Waals surface area contributed by atoms with Crippen molar-refractivity contribution in [2.24, 2.45) is 5.92 Å². The van der Waals surface area contributed by atoms with Gasteiger partial charge < -0.3 is 4.90 Å². The number of hydrogen-bond donors (Lipinski definition) is 1. The van der Waals surface area contributed by atoms with Crippen molar-refractivity contribution in [2.45, 2.75) is 25.2 Å². The Morgan fingerprint density at radius 1 is 1.19 bits per heavy atom. The summed E-state index contributed by atoms with van der Waals surface area (Å²) in [6, 6.07) is 14.5. The Balaban J connectivity index is 1.62. The highest BCUT2D eigenvalue weighted by Gasteiger charge is 2.25. The molecule has 0 saturated carbocycles. The highest BCUT2D eigenvalue weighted by Crippen LogP contribution is 2.24. The van der Waals surface area contributed by atoms with Crippen molar-refractivity contribution < 1.29 is 13.2 Å². The fourth-order valence-electron chi connectivity index (χ4n) is 3.25. The van der Waals surface area contributed by atoms with Gasteiger partial charge in [0.05, 0.1) is 4.90 Å². The van der Waals surface area contributed by atoms with E-state index in [1.54, 1.807) is 12.1 Å². The summed E-state index contributed by atoms with van der Waals surface area (Å²) in [7, 11) is -3.61. The zero-order chi connectivity index (χ0) is 18.7. The van der Waals surface area contributed by atoms with E-state index in [0.717, 1.165) is 19.5 Å². The molecule has 138 valence electrons. The van der Waals surface area contributed by atoms with Gasteiger partial charge in [-0.2, -0.15) is 0 Å². The first-order valence-electron chi connectivity index (χ1n) is 8.77. The lowest BCUT2D eigenvalue weighted by atomic mass is 10.1. The fourth-order valence-corrected chi connectivity index (χ4v) is 4.41. The van der Waals surface area contributed by atoms with Crippen molar-refractivity contribution in [3.8, 4) is 0 Å². The Morgan fingerprint density at radius 3 is 2.69 bits per heavy atom. The molecule has 3 rings (SSSR count). The molecule has 26 heavy (non-hydrogen) atoms. The topological polar surface area (TPSA) is 66.5 Å². The minimum Gasteiger partial charge on any atom is -0.371 e. The molecule has 1 heterocycles. The zero-order valence-corrected chi connectivity index (χ0v) is 15.9. The Labute approximate surface area is 155 Å². The number of hydrogen-bond acceptors (Lipinski definition) is 4. The van der Waals surface area contributed by atoms with Crippen molar-refractivity contribution in [1.29, 1.82) is 0 Å². The summed E-state index contributed by atoms with van der Waals surface area (Å²) in [6.45, 7) is 5.65. The molecular weight excluding hydrogens is 348 g/mol. The van der Waals surface area contributed by atoms with E-state index in [1.165, 1.54) is 30.3 Å². The van der Waals surface area contributed by atoms with Crippen molar-refractivity contribution in [3.63, 3.8) is 0 Å². The first-order valence-corrected chi connectivity index (χ1v) is 10.3. The van der Waals surface area contributed by atoms with Crippen LogP contribution in [0.15, 0.2) is 53.4 Å². The quantitative estimate of drug-likeness (QED) is 0.792. The zero-order valence-electron chi connectivity index (χ0n) is 15.1. The van der Waals surface area contributed by atoms with Gasteiger partial charge in [-0.1, -0.05) is 24.3 Å². The average molecular weight is 372 g/mol. The van der Waals surface area contributed by atoms with Gasteiger partial charge in [-0.3, -0.25) is 4.79 Å². The summed E-state index contributed by atoms with van der Waals surface area (Å²) in [5, 5.41) is 0. The first kappa shape index (κ1) is 18.6. The molecule has 0 amide bonds. The summed E-state index contributed by atoms with van der Waals surface area (Å²) in [4.78, 5) is 13.9. The van der Waals surface area contributed by atoms with Crippen molar-refractivity contribution in [2.75, 3.05) is 24.5 Å². The van der Waals surface area contributed by atoms with Crippen LogP contribution in [-0.4, -0.2) is 33.8 Å². The maximum Gasteiger partial charge on any atom is 0.240 e. The lowest BCUT2D eigenvalue weighted by molar-refractivity contribution is 0.101. The normalized spacial score (nSPS) is 17.5. The van der Waals surface area contributed by atoms with Crippen LogP contribution in [0.1, 0.15) is 29.3 Å². The van der Waals surface area contributed by atoms with Crippen LogP contribution < -0.4 is 9.62 Å². The molecule has 0 aliphatic carbocycles. The van der Waals surface area contributed by atoms with Crippen LogP contribution >= 0.6 is 0 Å². The Kier molecular flexibility index (Phi) is 5.44. The van der Waals surface area contributed by atoms with Crippen LogP contribution in [0.4, 0.5) is 5.69 Å². The molecule has 1 fully saturated rings. The number of aryl methyl sites for hydroxylation is 1. The Bertz CT molecular complexity index is 909. The molecule has 0 bridgehead atoms. The van der Waals surface area contributed by atoms with E-state index in [0.29, 0.717) is 12.1 Å². The average Bonchev–Trinajstić information content (AvgIpc) is 3.09. The van der Waals surface area contributed by atoms with Crippen molar-refractivity contribution in [3.05, 3.63) is 59.7 Å². The smallest absolute Gasteiger partial charge is 0.240 e. The molecule has 0 aromatic heterocycles. The molecule has 0 radical (unpaired) electrons. The lowest BCUT2D eigenvalue weighted by Crippen LogP contribution is -2.31. The minimum absolute atomic E-state index is 0.138. The molecule has 1 atom stereocenters. The van der Waals surface area contributed by atoms with Crippen molar-refractivity contribution >= 4 is 21.5 Å². The van der Waals surface area contributed by atoms with Crippen LogP contribution in [0.2, 0.25) is 0 Å². The van der Waals surface area contributed by atoms with E-state index >= 15 is 0 Å². The highest BCUT2D eigenvalue weighted by molar-refractivity contribution is 7.89. The number of Topliss-reactive ketones (excluding diaryl/α,β-unsaturated/α-hetero) is 1. The molecule has 1 N–H and O–H groups in total. The Morgan fingerprint density at radius 2 is 1.96 bits per heavy atom. The Hall–Kier alpha value is -2.18. The molecule has 5 nitrogen and oxygen atoms in total. The number of carbonyl (C=O) groups excluding carboxylic acids is 1. The molecule has 6 heteroatoms. The van der Waals surface area contributed by atoms with E-state index in [9.17, 15) is 13.2 Å². The second kappa shape index (κ2) is 7.60.